The third-order valence-corrected chi connectivity index (χ3v) is 9.22. The number of carboxylic acid groups (broad SMARTS) is 1. The van der Waals surface area contributed by atoms with Crippen LogP contribution < -0.4 is 202 Å². The molecule has 13 nitrogen and oxygen atoms in total. The summed E-state index contributed by atoms with van der Waals surface area (Å²) in [5, 5.41) is 5.43. The standard InChI is InChI=1S/C7H16O13P3S.6Na/c8-7(9)5(1-2-24(18,19)20)3-21(10,11)4-6(22(12,13)14)23(15,16)17;;;;;;/h2,5-6H,1,3-4H2,(H,8,9)(H,10,11)(H2,12,13,14)(H2,15,16,17)(H,18,19,20);;;;;;/q;6*+1/p-6. The Hall–Kier alpha value is 5.87. The number of carbonyl (C=O) groups is 1. The number of rotatable bonds is 10. The maximum absolute atomic E-state index is 11.7. The number of hydrogen-bond acceptors (Lipinski definition) is 12. The van der Waals surface area contributed by atoms with E-state index in [2.05, 4.69) is 0 Å². The van der Waals surface area contributed by atoms with E-state index in [9.17, 15) is 55.9 Å². The molecule has 2 atom stereocenters. The smallest absolute Gasteiger partial charge is 0.810 e. The van der Waals surface area contributed by atoms with Crippen molar-refractivity contribution in [3.8, 4) is 0 Å². The Morgan fingerprint density at radius 2 is 1.17 bits per heavy atom. The summed E-state index contributed by atoms with van der Waals surface area (Å²) < 4.78 is 64.3. The van der Waals surface area contributed by atoms with Crippen LogP contribution in [0.2, 0.25) is 0 Å². The first-order chi connectivity index (χ1) is 10.4. The van der Waals surface area contributed by atoms with Crippen molar-refractivity contribution < 1.29 is 238 Å². The summed E-state index contributed by atoms with van der Waals surface area (Å²) in [6.45, 7) is 0. The molecule has 0 saturated heterocycles. The maximum Gasteiger partial charge on any atom is 1.00 e. The third kappa shape index (κ3) is 25.5. The predicted molar refractivity (Wildman–Crippen MR) is 66.1 cm³/mol. The van der Waals surface area contributed by atoms with Gasteiger partial charge in [-0.2, -0.15) is 0 Å². The van der Waals surface area contributed by atoms with Crippen molar-refractivity contribution in [3.63, 3.8) is 0 Å². The minimum absolute atomic E-state index is 0. The van der Waals surface area contributed by atoms with Gasteiger partial charge >= 0.3 is 183 Å². The van der Waals surface area contributed by atoms with E-state index in [1.807, 2.05) is 0 Å². The molecule has 0 aromatic rings. The first-order valence-electron chi connectivity index (χ1n) is 5.69. The molecule has 143 valence electrons. The molecule has 2 unspecified atom stereocenters. The van der Waals surface area contributed by atoms with Crippen LogP contribution in [0.4, 0.5) is 0 Å². The zero-order valence-electron chi connectivity index (χ0n) is 17.4. The molecule has 23 heteroatoms. The fourth-order valence-corrected chi connectivity index (χ4v) is 8.09. The van der Waals surface area contributed by atoms with Crippen molar-refractivity contribution >= 4 is 38.6 Å². The van der Waals surface area contributed by atoms with Gasteiger partial charge in [0.2, 0.25) is 0 Å². The molecule has 0 rings (SSSR count). The Balaban J connectivity index is -0.000000176. The van der Waals surface area contributed by atoms with Crippen LogP contribution in [0.3, 0.4) is 0 Å². The van der Waals surface area contributed by atoms with Crippen LogP contribution in [0, 0.1) is 11.7 Å². The maximum atomic E-state index is 11.7. The van der Waals surface area contributed by atoms with Crippen molar-refractivity contribution in [2.75, 3.05) is 12.3 Å². The first-order valence-corrected chi connectivity index (χ1v) is 12.4. The van der Waals surface area contributed by atoms with Crippen molar-refractivity contribution in [1.29, 1.82) is 0 Å². The molecule has 0 bridgehead atoms. The topological polar surface area (TPSA) is 261 Å². The second kappa shape index (κ2) is 21.8. The minimum atomic E-state index is -6.16. The second-order valence-electron chi connectivity index (χ2n) is 4.67. The summed E-state index contributed by atoms with van der Waals surface area (Å²) in [6.07, 6.45) is -4.49. The first kappa shape index (κ1) is 52.3. The van der Waals surface area contributed by atoms with Gasteiger partial charge in [-0.15, -0.1) is 0 Å². The van der Waals surface area contributed by atoms with Gasteiger partial charge in [-0.1, -0.05) is 15.2 Å². The molecule has 0 heterocycles. The van der Waals surface area contributed by atoms with Crippen LogP contribution in [0.25, 0.3) is 0 Å². The Labute approximate surface area is 306 Å². The van der Waals surface area contributed by atoms with Gasteiger partial charge in [0.25, 0.3) is 0 Å². The van der Waals surface area contributed by atoms with Crippen molar-refractivity contribution in [3.05, 3.63) is 5.75 Å². The van der Waals surface area contributed by atoms with Crippen molar-refractivity contribution in [1.82, 2.24) is 0 Å². The zero-order chi connectivity index (χ0) is 19.6. The normalized spacial score (nSPS) is 14.0. The molecule has 0 saturated carbocycles. The predicted octanol–water partition coefficient (Wildman–Crippen LogP) is -22.4. The summed E-state index contributed by atoms with van der Waals surface area (Å²) in [6, 6.07) is 0. The Morgan fingerprint density at radius 1 is 0.833 bits per heavy atom. The third-order valence-electron chi connectivity index (χ3n) is 2.60. The summed E-state index contributed by atoms with van der Waals surface area (Å²) in [5.41, 5.74) is 0. The van der Waals surface area contributed by atoms with Gasteiger partial charge in [0.15, 0.2) is 0 Å². The second-order valence-corrected chi connectivity index (χ2v) is 12.2. The molecular formula is C7H10Na6O13P3S. The molecular weight excluding hydrogens is 555 g/mol. The summed E-state index contributed by atoms with van der Waals surface area (Å²) in [5.74, 6) is -3.96. The van der Waals surface area contributed by atoms with Gasteiger partial charge in [-0.25, -0.2) is 8.42 Å². The molecule has 1 radical (unpaired) electrons. The molecule has 0 aliphatic carbocycles. The van der Waals surface area contributed by atoms with E-state index >= 15 is 0 Å². The molecule has 0 aliphatic rings. The average molecular weight is 565 g/mol. The molecule has 0 fully saturated rings. The Kier molecular flexibility index (Phi) is 38.0. The van der Waals surface area contributed by atoms with Crippen LogP contribution in [-0.4, -0.2) is 41.8 Å². The molecule has 0 spiro atoms. The Bertz CT molecular complexity index is 701. The van der Waals surface area contributed by atoms with E-state index in [-0.39, 0.29) is 183 Å². The summed E-state index contributed by atoms with van der Waals surface area (Å²) in [4.78, 5) is 65.5. The monoisotopic (exact) mass is 565 g/mol. The van der Waals surface area contributed by atoms with Gasteiger partial charge in [-0.3, -0.25) is 4.79 Å². The number of hydrogen-bond donors (Lipinski definition) is 1. The van der Waals surface area contributed by atoms with Gasteiger partial charge in [0.1, 0.15) is 0 Å². The van der Waals surface area contributed by atoms with Crippen LogP contribution >= 0.6 is 22.6 Å². The van der Waals surface area contributed by atoms with Gasteiger partial charge in [0.05, 0.1) is 21.8 Å². The van der Waals surface area contributed by atoms with E-state index < -0.39 is 68.7 Å². The van der Waals surface area contributed by atoms with Crippen LogP contribution in [0.5, 0.6) is 0 Å². The van der Waals surface area contributed by atoms with E-state index in [4.69, 9.17) is 5.11 Å². The summed E-state index contributed by atoms with van der Waals surface area (Å²) >= 11 is 0. The number of aliphatic carboxylic acids is 1. The zero-order valence-corrected chi connectivity index (χ0v) is 32.9. The molecule has 0 aromatic heterocycles. The largest absolute Gasteiger partial charge is 1.00 e. The fourth-order valence-electron chi connectivity index (χ4n) is 1.52. The van der Waals surface area contributed by atoms with Gasteiger partial charge < -0.3 is 47.8 Å². The van der Waals surface area contributed by atoms with E-state index in [1.165, 1.54) is 0 Å². The van der Waals surface area contributed by atoms with Gasteiger partial charge in [-0.05, 0) is 6.42 Å². The molecule has 0 aromatic carbocycles. The minimum Gasteiger partial charge on any atom is -0.810 e. The van der Waals surface area contributed by atoms with E-state index in [0.717, 1.165) is 0 Å². The van der Waals surface area contributed by atoms with Gasteiger partial charge in [0, 0.05) is 25.1 Å². The SMILES string of the molecule is O=C(O)C(C[CH]S(=O)(=O)[O-])CP(=O)([O-])CC(P(=O)([O-])[O-])P(=O)([O-])[O-].[Na+].[Na+].[Na+].[Na+].[Na+].[Na+]. The molecule has 0 amide bonds. The molecule has 30 heavy (non-hydrogen) atoms. The van der Waals surface area contributed by atoms with E-state index in [1.54, 1.807) is 0 Å². The van der Waals surface area contributed by atoms with E-state index in [0.29, 0.717) is 0 Å². The fraction of sp³-hybridized carbons (Fsp3) is 0.714. The number of carboxylic acids is 1. The molecule has 0 aliphatic heterocycles. The summed E-state index contributed by atoms with van der Waals surface area (Å²) in [7, 11) is -22.6. The molecule has 1 N–H and O–H groups in total. The Morgan fingerprint density at radius 3 is 1.40 bits per heavy atom. The quantitative estimate of drug-likeness (QED) is 0.147. The van der Waals surface area contributed by atoms with Crippen LogP contribution in [0.15, 0.2) is 0 Å². The van der Waals surface area contributed by atoms with Crippen LogP contribution in [-0.2, 0) is 28.6 Å². The van der Waals surface area contributed by atoms with Crippen molar-refractivity contribution in [2.24, 2.45) is 5.92 Å². The van der Waals surface area contributed by atoms with Crippen LogP contribution in [0.1, 0.15) is 6.42 Å². The van der Waals surface area contributed by atoms with Crippen molar-refractivity contribution in [2.45, 2.75) is 11.8 Å². The average Bonchev–Trinajstić information content (AvgIpc) is 2.27.